The van der Waals surface area contributed by atoms with Gasteiger partial charge in [-0.2, -0.15) is 0 Å². The monoisotopic (exact) mass is 317 g/mol. The van der Waals surface area contributed by atoms with Crippen LogP contribution >= 0.6 is 0 Å². The molecule has 0 bridgehead atoms. The van der Waals surface area contributed by atoms with Crippen molar-refractivity contribution in [1.29, 1.82) is 0 Å². The Morgan fingerprint density at radius 2 is 1.83 bits per heavy atom. The highest BCUT2D eigenvalue weighted by molar-refractivity contribution is 6.12. The van der Waals surface area contributed by atoms with Crippen LogP contribution in [0.5, 0.6) is 5.75 Å². The molecule has 0 aliphatic rings. The molecule has 0 spiro atoms. The van der Waals surface area contributed by atoms with Crippen molar-refractivity contribution in [3.8, 4) is 11.6 Å². The SMILES string of the molecule is Nc1noc2cc(-n3c4ccccc4c4c(O)cccc43)nnc12. The molecule has 0 saturated heterocycles. The van der Waals surface area contributed by atoms with E-state index in [1.54, 1.807) is 18.2 Å². The van der Waals surface area contributed by atoms with E-state index in [-0.39, 0.29) is 11.6 Å². The van der Waals surface area contributed by atoms with Gasteiger partial charge in [-0.1, -0.05) is 29.4 Å². The number of phenols is 1. The number of nitrogens with two attached hydrogens (primary N) is 1. The Hall–Kier alpha value is -3.61. The normalized spacial score (nSPS) is 11.7. The van der Waals surface area contributed by atoms with Crippen LogP contribution in [0.3, 0.4) is 0 Å². The highest BCUT2D eigenvalue weighted by Gasteiger charge is 2.17. The zero-order valence-electron chi connectivity index (χ0n) is 12.3. The number of hydrogen-bond acceptors (Lipinski definition) is 6. The van der Waals surface area contributed by atoms with Crippen molar-refractivity contribution >= 4 is 38.7 Å². The summed E-state index contributed by atoms with van der Waals surface area (Å²) in [5.41, 5.74) is 8.34. The average molecular weight is 317 g/mol. The van der Waals surface area contributed by atoms with Crippen LogP contribution in [0, 0.1) is 0 Å². The molecule has 7 heteroatoms. The number of rotatable bonds is 1. The number of hydrogen-bond donors (Lipinski definition) is 2. The Balaban J connectivity index is 1.94. The minimum atomic E-state index is 0.212. The Labute approximate surface area is 134 Å². The largest absolute Gasteiger partial charge is 0.507 e. The number of aromatic hydroxyl groups is 1. The maximum absolute atomic E-state index is 10.3. The number of aromatic nitrogens is 4. The summed E-state index contributed by atoms with van der Waals surface area (Å²) in [4.78, 5) is 0. The lowest BCUT2D eigenvalue weighted by molar-refractivity contribution is 0.460. The molecule has 5 rings (SSSR count). The lowest BCUT2D eigenvalue weighted by Crippen LogP contribution is -1.99. The molecule has 5 aromatic rings. The zero-order valence-corrected chi connectivity index (χ0v) is 12.3. The Bertz CT molecular complexity index is 1240. The number of nitrogens with zero attached hydrogens (tertiary/aromatic N) is 4. The van der Waals surface area contributed by atoms with Crippen LogP contribution in [-0.2, 0) is 0 Å². The summed E-state index contributed by atoms with van der Waals surface area (Å²) in [5.74, 6) is 1.000. The van der Waals surface area contributed by atoms with E-state index in [1.807, 2.05) is 34.9 Å². The first kappa shape index (κ1) is 12.9. The van der Waals surface area contributed by atoms with Gasteiger partial charge in [0, 0.05) is 16.8 Å². The first-order valence-electron chi connectivity index (χ1n) is 7.34. The van der Waals surface area contributed by atoms with Gasteiger partial charge in [0.25, 0.3) is 0 Å². The molecule has 116 valence electrons. The van der Waals surface area contributed by atoms with Crippen molar-refractivity contribution in [3.05, 3.63) is 48.5 Å². The third-order valence-corrected chi connectivity index (χ3v) is 4.14. The van der Waals surface area contributed by atoms with Crippen LogP contribution in [-0.4, -0.2) is 25.0 Å². The van der Waals surface area contributed by atoms with Crippen molar-refractivity contribution in [1.82, 2.24) is 19.9 Å². The highest BCUT2D eigenvalue weighted by atomic mass is 16.5. The minimum absolute atomic E-state index is 0.212. The summed E-state index contributed by atoms with van der Waals surface area (Å²) in [6.45, 7) is 0. The van der Waals surface area contributed by atoms with Gasteiger partial charge in [0.1, 0.15) is 5.75 Å². The van der Waals surface area contributed by atoms with Gasteiger partial charge < -0.3 is 15.4 Å². The van der Waals surface area contributed by atoms with E-state index >= 15 is 0 Å². The van der Waals surface area contributed by atoms with Gasteiger partial charge in [-0.25, -0.2) is 0 Å². The fourth-order valence-corrected chi connectivity index (χ4v) is 3.11. The molecular formula is C17H11N5O2. The molecule has 0 radical (unpaired) electrons. The molecule has 24 heavy (non-hydrogen) atoms. The zero-order chi connectivity index (χ0) is 16.3. The number of fused-ring (bicyclic) bond motifs is 4. The fourth-order valence-electron chi connectivity index (χ4n) is 3.11. The number of benzene rings is 2. The van der Waals surface area contributed by atoms with Crippen molar-refractivity contribution in [2.24, 2.45) is 0 Å². The summed E-state index contributed by atoms with van der Waals surface area (Å²) in [5, 5.41) is 24.1. The number of phenolic OH excluding ortho intramolecular Hbond substituents is 1. The summed E-state index contributed by atoms with van der Waals surface area (Å²) >= 11 is 0. The van der Waals surface area contributed by atoms with E-state index in [2.05, 4.69) is 15.4 Å². The van der Waals surface area contributed by atoms with Crippen molar-refractivity contribution in [2.45, 2.75) is 0 Å². The van der Waals surface area contributed by atoms with E-state index in [4.69, 9.17) is 10.3 Å². The second kappa shape index (κ2) is 4.45. The van der Waals surface area contributed by atoms with E-state index in [9.17, 15) is 5.11 Å². The van der Waals surface area contributed by atoms with Crippen LogP contribution < -0.4 is 5.73 Å². The molecule has 3 aromatic heterocycles. The third kappa shape index (κ3) is 1.58. The van der Waals surface area contributed by atoms with Crippen LogP contribution in [0.4, 0.5) is 5.82 Å². The molecule has 0 atom stereocenters. The fraction of sp³-hybridized carbons (Fsp3) is 0. The van der Waals surface area contributed by atoms with Crippen LogP contribution in [0.1, 0.15) is 0 Å². The maximum Gasteiger partial charge on any atom is 0.195 e. The molecule has 0 fully saturated rings. The van der Waals surface area contributed by atoms with E-state index in [0.29, 0.717) is 16.9 Å². The summed E-state index contributed by atoms with van der Waals surface area (Å²) < 4.78 is 7.12. The third-order valence-electron chi connectivity index (χ3n) is 4.14. The van der Waals surface area contributed by atoms with Gasteiger partial charge in [0.2, 0.25) is 0 Å². The predicted octanol–water partition coefficient (Wildman–Crippen LogP) is 3.00. The number of anilines is 1. The smallest absolute Gasteiger partial charge is 0.195 e. The van der Waals surface area contributed by atoms with Crippen molar-refractivity contribution in [3.63, 3.8) is 0 Å². The number of para-hydroxylation sites is 1. The van der Waals surface area contributed by atoms with Crippen LogP contribution in [0.2, 0.25) is 0 Å². The van der Waals surface area contributed by atoms with Gasteiger partial charge in [-0.05, 0) is 18.2 Å². The van der Waals surface area contributed by atoms with Crippen molar-refractivity contribution < 1.29 is 9.63 Å². The van der Waals surface area contributed by atoms with Crippen LogP contribution in [0.25, 0.3) is 38.7 Å². The summed E-state index contributed by atoms with van der Waals surface area (Å²) in [7, 11) is 0. The second-order valence-corrected chi connectivity index (χ2v) is 5.51. The van der Waals surface area contributed by atoms with Crippen molar-refractivity contribution in [2.75, 3.05) is 5.73 Å². The molecule has 2 aromatic carbocycles. The molecule has 0 aliphatic heterocycles. The first-order valence-corrected chi connectivity index (χ1v) is 7.34. The molecule has 0 saturated carbocycles. The van der Waals surface area contributed by atoms with E-state index in [1.165, 1.54) is 0 Å². The Morgan fingerprint density at radius 3 is 2.75 bits per heavy atom. The lowest BCUT2D eigenvalue weighted by Gasteiger charge is -2.05. The quantitative estimate of drug-likeness (QED) is 0.492. The van der Waals surface area contributed by atoms with E-state index in [0.717, 1.165) is 21.8 Å². The molecule has 0 aliphatic carbocycles. The molecule has 3 N–H and O–H groups in total. The Morgan fingerprint density at radius 1 is 1.00 bits per heavy atom. The van der Waals surface area contributed by atoms with Gasteiger partial charge in [-0.3, -0.25) is 4.57 Å². The topological polar surface area (TPSA) is 103 Å². The molecule has 0 amide bonds. The predicted molar refractivity (Wildman–Crippen MR) is 90.0 cm³/mol. The minimum Gasteiger partial charge on any atom is -0.507 e. The van der Waals surface area contributed by atoms with E-state index < -0.39 is 0 Å². The van der Waals surface area contributed by atoms with Gasteiger partial charge in [0.05, 0.1) is 11.0 Å². The van der Waals surface area contributed by atoms with Gasteiger partial charge in [0.15, 0.2) is 22.7 Å². The average Bonchev–Trinajstić information content (AvgIpc) is 3.13. The summed E-state index contributed by atoms with van der Waals surface area (Å²) in [6, 6.07) is 14.9. The number of nitrogen functional groups attached to an aromatic ring is 1. The molecule has 7 nitrogen and oxygen atoms in total. The molecule has 0 unspecified atom stereocenters. The highest BCUT2D eigenvalue weighted by Crippen LogP contribution is 2.36. The lowest BCUT2D eigenvalue weighted by atomic mass is 10.1. The first-order chi connectivity index (χ1) is 11.7. The molecular weight excluding hydrogens is 306 g/mol. The second-order valence-electron chi connectivity index (χ2n) is 5.51. The van der Waals surface area contributed by atoms with Gasteiger partial charge in [-0.15, -0.1) is 10.2 Å². The molecule has 3 heterocycles. The maximum atomic E-state index is 10.3. The standard InChI is InChI=1S/C17H11N5O2/c18-17-16-13(24-21-17)8-14(19-20-16)22-10-5-2-1-4-9(10)15-11(22)6-3-7-12(15)23/h1-8,23H,(H2,18,21). The Kier molecular flexibility index (Phi) is 2.39. The summed E-state index contributed by atoms with van der Waals surface area (Å²) in [6.07, 6.45) is 0. The van der Waals surface area contributed by atoms with Crippen LogP contribution in [0.15, 0.2) is 53.1 Å². The van der Waals surface area contributed by atoms with Gasteiger partial charge >= 0.3 is 0 Å².